The molecule has 10 heavy (non-hydrogen) atoms. The van der Waals surface area contributed by atoms with Gasteiger partial charge in [0, 0.05) is 17.7 Å². The van der Waals surface area contributed by atoms with Crippen molar-refractivity contribution < 1.29 is 9.59 Å². The number of carbonyl (C=O) groups is 2. The average molecular weight is 139 g/mol. The molecular weight excluding hydrogens is 130 g/mol. The molecule has 0 aromatic heterocycles. The molecule has 0 radical (unpaired) electrons. The number of nitrogens with two attached hydrogens (primary N) is 1. The molecule has 0 atom stereocenters. The van der Waals surface area contributed by atoms with Gasteiger partial charge in [0.05, 0.1) is 6.42 Å². The molecule has 1 aliphatic rings. The number of rotatable bonds is 0. The summed E-state index contributed by atoms with van der Waals surface area (Å²) in [7, 11) is 0. The molecule has 0 spiro atoms. The van der Waals surface area contributed by atoms with Crippen molar-refractivity contribution in [2.45, 2.75) is 19.8 Å². The van der Waals surface area contributed by atoms with E-state index in [0.717, 1.165) is 0 Å². The summed E-state index contributed by atoms with van der Waals surface area (Å²) in [4.78, 5) is 21.6. The van der Waals surface area contributed by atoms with Gasteiger partial charge in [0.1, 0.15) is 5.78 Å². The Morgan fingerprint density at radius 3 is 2.40 bits per heavy atom. The quantitative estimate of drug-likeness (QED) is 0.486. The van der Waals surface area contributed by atoms with Crippen LogP contribution in [0.1, 0.15) is 19.8 Å². The smallest absolute Gasteiger partial charge is 0.167 e. The third-order valence-corrected chi connectivity index (χ3v) is 1.65. The van der Waals surface area contributed by atoms with E-state index in [1.54, 1.807) is 6.92 Å². The topological polar surface area (TPSA) is 60.2 Å². The van der Waals surface area contributed by atoms with Gasteiger partial charge in [-0.3, -0.25) is 9.59 Å². The van der Waals surface area contributed by atoms with Crippen molar-refractivity contribution in [3.05, 3.63) is 11.3 Å². The van der Waals surface area contributed by atoms with E-state index >= 15 is 0 Å². The molecule has 1 rings (SSSR count). The van der Waals surface area contributed by atoms with Gasteiger partial charge in [0.15, 0.2) is 5.78 Å². The lowest BCUT2D eigenvalue weighted by Gasteiger charge is -2.10. The Bertz CT molecular complexity index is 228. The molecule has 0 fully saturated rings. The molecule has 0 aliphatic heterocycles. The Kier molecular flexibility index (Phi) is 1.57. The van der Waals surface area contributed by atoms with E-state index in [2.05, 4.69) is 0 Å². The molecule has 0 aromatic carbocycles. The van der Waals surface area contributed by atoms with Gasteiger partial charge in [-0.05, 0) is 6.92 Å². The fraction of sp³-hybridized carbons (Fsp3) is 0.429. The summed E-state index contributed by atoms with van der Waals surface area (Å²) < 4.78 is 0. The fourth-order valence-electron chi connectivity index (χ4n) is 0.898. The van der Waals surface area contributed by atoms with Crippen molar-refractivity contribution in [2.75, 3.05) is 0 Å². The zero-order valence-electron chi connectivity index (χ0n) is 5.81. The lowest BCUT2D eigenvalue weighted by Crippen LogP contribution is -2.21. The molecule has 3 nitrogen and oxygen atoms in total. The largest absolute Gasteiger partial charge is 0.401 e. The lowest BCUT2D eigenvalue weighted by molar-refractivity contribution is -0.125. The monoisotopic (exact) mass is 139 g/mol. The molecule has 1 aliphatic carbocycles. The van der Waals surface area contributed by atoms with Crippen molar-refractivity contribution >= 4 is 11.6 Å². The molecule has 0 unspecified atom stereocenters. The van der Waals surface area contributed by atoms with Gasteiger partial charge in [-0.2, -0.15) is 0 Å². The van der Waals surface area contributed by atoms with Crippen molar-refractivity contribution in [1.82, 2.24) is 0 Å². The molecule has 3 heteroatoms. The van der Waals surface area contributed by atoms with Gasteiger partial charge in [-0.1, -0.05) is 0 Å². The summed E-state index contributed by atoms with van der Waals surface area (Å²) in [6.45, 7) is 1.66. The molecule has 0 bridgehead atoms. The summed E-state index contributed by atoms with van der Waals surface area (Å²) in [6, 6.07) is 0. The van der Waals surface area contributed by atoms with Crippen LogP contribution in [0.5, 0.6) is 0 Å². The van der Waals surface area contributed by atoms with E-state index in [1.807, 2.05) is 0 Å². The summed E-state index contributed by atoms with van der Waals surface area (Å²) in [6.07, 6.45) is 0.282. The van der Waals surface area contributed by atoms with Gasteiger partial charge >= 0.3 is 0 Å². The number of hydrogen-bond acceptors (Lipinski definition) is 3. The lowest BCUT2D eigenvalue weighted by atomic mass is 9.96. The minimum absolute atomic E-state index is 0.0343. The van der Waals surface area contributed by atoms with Crippen LogP contribution in [0.25, 0.3) is 0 Å². The second-order valence-electron chi connectivity index (χ2n) is 2.47. The first-order valence-electron chi connectivity index (χ1n) is 3.11. The van der Waals surface area contributed by atoms with Crippen LogP contribution in [0.15, 0.2) is 11.3 Å². The highest BCUT2D eigenvalue weighted by atomic mass is 16.1. The SMILES string of the molecule is CC1=C(N)CC(=O)CC1=O. The zero-order valence-corrected chi connectivity index (χ0v) is 5.81. The van der Waals surface area contributed by atoms with Crippen molar-refractivity contribution in [3.8, 4) is 0 Å². The molecule has 2 N–H and O–H groups in total. The van der Waals surface area contributed by atoms with Crippen LogP contribution in [0.4, 0.5) is 0 Å². The molecule has 0 amide bonds. The average Bonchev–Trinajstić information content (AvgIpc) is 1.82. The highest BCUT2D eigenvalue weighted by Gasteiger charge is 2.20. The fourth-order valence-corrected chi connectivity index (χ4v) is 0.898. The first-order chi connectivity index (χ1) is 4.61. The number of Topliss-reactive ketones (excluding diaryl/α,β-unsaturated/α-hetero) is 2. The number of carbonyl (C=O) groups excluding carboxylic acids is 2. The minimum atomic E-state index is -0.131. The van der Waals surface area contributed by atoms with Crippen molar-refractivity contribution in [1.29, 1.82) is 0 Å². The number of ketones is 2. The Balaban J connectivity index is 2.95. The van der Waals surface area contributed by atoms with Crippen LogP contribution in [0.2, 0.25) is 0 Å². The summed E-state index contributed by atoms with van der Waals surface area (Å²) in [5.41, 5.74) is 6.38. The summed E-state index contributed by atoms with van der Waals surface area (Å²) in [5.74, 6) is -0.207. The zero-order chi connectivity index (χ0) is 7.72. The Morgan fingerprint density at radius 2 is 1.90 bits per heavy atom. The molecule has 54 valence electrons. The van der Waals surface area contributed by atoms with E-state index in [1.165, 1.54) is 0 Å². The van der Waals surface area contributed by atoms with E-state index in [9.17, 15) is 9.59 Å². The predicted octanol–water partition coefficient (Wildman–Crippen LogP) is 0.151. The predicted molar refractivity (Wildman–Crippen MR) is 36.1 cm³/mol. The minimum Gasteiger partial charge on any atom is -0.401 e. The van der Waals surface area contributed by atoms with Gasteiger partial charge in [-0.25, -0.2) is 0 Å². The second-order valence-corrected chi connectivity index (χ2v) is 2.47. The van der Waals surface area contributed by atoms with Crippen LogP contribution in [0, 0.1) is 0 Å². The third-order valence-electron chi connectivity index (χ3n) is 1.65. The first kappa shape index (κ1) is 6.99. The van der Waals surface area contributed by atoms with Crippen molar-refractivity contribution in [3.63, 3.8) is 0 Å². The standard InChI is InChI=1S/C7H9NO2/c1-4-6(8)2-5(9)3-7(4)10/h2-3,8H2,1H3. The van der Waals surface area contributed by atoms with Crippen LogP contribution < -0.4 is 5.73 Å². The normalized spacial score (nSPS) is 20.1. The maximum absolute atomic E-state index is 10.9. The number of hydrogen-bond donors (Lipinski definition) is 1. The second kappa shape index (κ2) is 2.25. The van der Waals surface area contributed by atoms with E-state index in [0.29, 0.717) is 11.3 Å². The van der Waals surface area contributed by atoms with Gasteiger partial charge in [-0.15, -0.1) is 0 Å². The highest BCUT2D eigenvalue weighted by Crippen LogP contribution is 2.14. The van der Waals surface area contributed by atoms with Crippen molar-refractivity contribution in [2.24, 2.45) is 5.73 Å². The van der Waals surface area contributed by atoms with Crippen LogP contribution >= 0.6 is 0 Å². The van der Waals surface area contributed by atoms with Gasteiger partial charge in [0.2, 0.25) is 0 Å². The maximum Gasteiger partial charge on any atom is 0.167 e. The molecule has 0 saturated carbocycles. The van der Waals surface area contributed by atoms with Crippen LogP contribution in [-0.2, 0) is 9.59 Å². The molecular formula is C7H9NO2. The van der Waals surface area contributed by atoms with Crippen LogP contribution in [-0.4, -0.2) is 11.6 Å². The Morgan fingerprint density at radius 1 is 1.30 bits per heavy atom. The molecule has 0 saturated heterocycles. The molecule has 0 aromatic rings. The highest BCUT2D eigenvalue weighted by molar-refractivity contribution is 6.11. The third kappa shape index (κ3) is 1.07. The first-order valence-corrected chi connectivity index (χ1v) is 3.11. The summed E-state index contributed by atoms with van der Waals surface area (Å²) >= 11 is 0. The number of allylic oxidation sites excluding steroid dienone is 2. The Labute approximate surface area is 58.9 Å². The summed E-state index contributed by atoms with van der Waals surface area (Å²) in [5, 5.41) is 0. The maximum atomic E-state index is 10.9. The Hall–Kier alpha value is -1.12. The van der Waals surface area contributed by atoms with E-state index in [-0.39, 0.29) is 24.4 Å². The van der Waals surface area contributed by atoms with Crippen LogP contribution in [0.3, 0.4) is 0 Å². The van der Waals surface area contributed by atoms with Gasteiger partial charge < -0.3 is 5.73 Å². The van der Waals surface area contributed by atoms with E-state index < -0.39 is 0 Å². The van der Waals surface area contributed by atoms with E-state index in [4.69, 9.17) is 5.73 Å². The molecule has 0 heterocycles. The van der Waals surface area contributed by atoms with Gasteiger partial charge in [0.25, 0.3) is 0 Å².